The summed E-state index contributed by atoms with van der Waals surface area (Å²) in [4.78, 5) is 6.55. The minimum Gasteiger partial charge on any atom is -0.338 e. The first kappa shape index (κ1) is 11.0. The SMILES string of the molecule is NCC(N)c1nc(N2C[C@H]3CCC[C@H]3C2)no1. The maximum Gasteiger partial charge on any atom is 0.266 e. The van der Waals surface area contributed by atoms with E-state index in [-0.39, 0.29) is 6.04 Å². The molecule has 1 saturated heterocycles. The molecule has 17 heavy (non-hydrogen) atoms. The fourth-order valence-electron chi connectivity index (χ4n) is 3.01. The van der Waals surface area contributed by atoms with Gasteiger partial charge >= 0.3 is 0 Å². The summed E-state index contributed by atoms with van der Waals surface area (Å²) in [5.74, 6) is 2.76. The maximum atomic E-state index is 5.76. The quantitative estimate of drug-likeness (QED) is 0.783. The van der Waals surface area contributed by atoms with Crippen LogP contribution in [0.3, 0.4) is 0 Å². The van der Waals surface area contributed by atoms with E-state index in [0.29, 0.717) is 18.4 Å². The molecule has 0 amide bonds. The van der Waals surface area contributed by atoms with Gasteiger partial charge in [0, 0.05) is 19.6 Å². The average Bonchev–Trinajstić information content (AvgIpc) is 3.00. The van der Waals surface area contributed by atoms with Crippen LogP contribution in [-0.4, -0.2) is 29.8 Å². The van der Waals surface area contributed by atoms with Crippen molar-refractivity contribution < 1.29 is 4.52 Å². The highest BCUT2D eigenvalue weighted by Gasteiger charge is 2.37. The van der Waals surface area contributed by atoms with E-state index in [4.69, 9.17) is 16.0 Å². The molecule has 1 aliphatic heterocycles. The van der Waals surface area contributed by atoms with Gasteiger partial charge in [0.1, 0.15) is 0 Å². The third-order valence-corrected chi connectivity index (χ3v) is 4.01. The predicted molar refractivity (Wildman–Crippen MR) is 63.3 cm³/mol. The van der Waals surface area contributed by atoms with Gasteiger partial charge < -0.3 is 20.9 Å². The predicted octanol–water partition coefficient (Wildman–Crippen LogP) is 0.264. The van der Waals surface area contributed by atoms with Crippen molar-refractivity contribution in [3.63, 3.8) is 0 Å². The standard InChI is InChI=1S/C11H19N5O/c12-4-9(13)10-14-11(15-17-10)16-5-7-2-1-3-8(7)6-16/h7-9H,1-6,12-13H2/t7-,8+,9?. The second kappa shape index (κ2) is 4.27. The number of hydrogen-bond donors (Lipinski definition) is 2. The number of nitrogens with two attached hydrogens (primary N) is 2. The van der Waals surface area contributed by atoms with Crippen molar-refractivity contribution in [2.75, 3.05) is 24.5 Å². The van der Waals surface area contributed by atoms with Gasteiger partial charge in [-0.1, -0.05) is 6.42 Å². The summed E-state index contributed by atoms with van der Waals surface area (Å²) in [6, 6.07) is -0.349. The van der Waals surface area contributed by atoms with Crippen LogP contribution in [0.5, 0.6) is 0 Å². The highest BCUT2D eigenvalue weighted by atomic mass is 16.5. The third kappa shape index (κ3) is 1.91. The fourth-order valence-corrected chi connectivity index (χ4v) is 3.01. The molecule has 3 atom stereocenters. The van der Waals surface area contributed by atoms with Crippen LogP contribution in [0.4, 0.5) is 5.95 Å². The lowest BCUT2D eigenvalue weighted by atomic mass is 10.0. The van der Waals surface area contributed by atoms with Gasteiger partial charge in [0.05, 0.1) is 6.04 Å². The molecule has 0 radical (unpaired) electrons. The van der Waals surface area contributed by atoms with Crippen molar-refractivity contribution in [2.24, 2.45) is 23.3 Å². The monoisotopic (exact) mass is 237 g/mol. The summed E-state index contributed by atoms with van der Waals surface area (Å²) in [6.45, 7) is 2.44. The van der Waals surface area contributed by atoms with E-state index in [0.717, 1.165) is 24.9 Å². The zero-order valence-corrected chi connectivity index (χ0v) is 9.88. The van der Waals surface area contributed by atoms with Crippen LogP contribution >= 0.6 is 0 Å². The molecule has 0 bridgehead atoms. The van der Waals surface area contributed by atoms with E-state index in [1.165, 1.54) is 19.3 Å². The Labute approximate surface area is 100 Å². The Morgan fingerprint density at radius 1 is 1.35 bits per heavy atom. The maximum absolute atomic E-state index is 5.76. The van der Waals surface area contributed by atoms with E-state index in [2.05, 4.69) is 15.0 Å². The van der Waals surface area contributed by atoms with Crippen LogP contribution in [0.25, 0.3) is 0 Å². The van der Waals surface area contributed by atoms with Gasteiger partial charge in [0.15, 0.2) is 0 Å². The van der Waals surface area contributed by atoms with Crippen LogP contribution in [0.15, 0.2) is 4.52 Å². The Morgan fingerprint density at radius 3 is 2.71 bits per heavy atom. The first-order valence-corrected chi connectivity index (χ1v) is 6.32. The molecule has 1 aromatic rings. The number of rotatable bonds is 3. The van der Waals surface area contributed by atoms with Gasteiger partial charge in [-0.15, -0.1) is 0 Å². The lowest BCUT2D eigenvalue weighted by Gasteiger charge is -2.13. The molecule has 2 aliphatic rings. The Balaban J connectivity index is 1.71. The molecule has 1 aliphatic carbocycles. The third-order valence-electron chi connectivity index (χ3n) is 4.01. The summed E-state index contributed by atoms with van der Waals surface area (Å²) >= 11 is 0. The summed E-state index contributed by atoms with van der Waals surface area (Å²) in [7, 11) is 0. The second-order valence-electron chi connectivity index (χ2n) is 5.13. The highest BCUT2D eigenvalue weighted by molar-refractivity contribution is 5.31. The number of aromatic nitrogens is 2. The van der Waals surface area contributed by atoms with E-state index < -0.39 is 0 Å². The van der Waals surface area contributed by atoms with E-state index in [1.54, 1.807) is 0 Å². The van der Waals surface area contributed by atoms with Gasteiger partial charge in [0.2, 0.25) is 5.89 Å². The molecule has 4 N–H and O–H groups in total. The summed E-state index contributed by atoms with van der Waals surface area (Å²) in [6.07, 6.45) is 4.06. The van der Waals surface area contributed by atoms with Crippen molar-refractivity contribution in [2.45, 2.75) is 25.3 Å². The zero-order chi connectivity index (χ0) is 11.8. The lowest BCUT2D eigenvalue weighted by Crippen LogP contribution is -2.23. The Kier molecular flexibility index (Phi) is 2.76. The van der Waals surface area contributed by atoms with Crippen LogP contribution < -0.4 is 16.4 Å². The molecule has 2 heterocycles. The minimum absolute atomic E-state index is 0.326. The molecule has 0 aromatic carbocycles. The summed E-state index contributed by atoms with van der Waals surface area (Å²) in [5, 5.41) is 4.00. The zero-order valence-electron chi connectivity index (χ0n) is 9.88. The lowest BCUT2D eigenvalue weighted by molar-refractivity contribution is 0.356. The Morgan fingerprint density at radius 2 is 2.06 bits per heavy atom. The van der Waals surface area contributed by atoms with Gasteiger partial charge in [0.25, 0.3) is 5.95 Å². The highest BCUT2D eigenvalue weighted by Crippen LogP contribution is 2.38. The summed E-state index contributed by atoms with van der Waals surface area (Å²) in [5.41, 5.74) is 11.2. The van der Waals surface area contributed by atoms with Crippen molar-refractivity contribution in [3.05, 3.63) is 5.89 Å². The molecule has 94 valence electrons. The fraction of sp³-hybridized carbons (Fsp3) is 0.818. The van der Waals surface area contributed by atoms with Gasteiger partial charge in [-0.25, -0.2) is 0 Å². The number of fused-ring (bicyclic) bond motifs is 1. The molecule has 1 saturated carbocycles. The molecule has 3 rings (SSSR count). The second-order valence-corrected chi connectivity index (χ2v) is 5.13. The number of nitrogens with zero attached hydrogens (tertiary/aromatic N) is 3. The van der Waals surface area contributed by atoms with E-state index in [9.17, 15) is 0 Å². The van der Waals surface area contributed by atoms with Crippen molar-refractivity contribution in [1.29, 1.82) is 0 Å². The normalized spacial score (nSPS) is 29.6. The molecular formula is C11H19N5O. The van der Waals surface area contributed by atoms with E-state index in [1.807, 2.05) is 0 Å². The number of hydrogen-bond acceptors (Lipinski definition) is 6. The van der Waals surface area contributed by atoms with Gasteiger partial charge in [-0.3, -0.25) is 0 Å². The molecule has 2 fully saturated rings. The van der Waals surface area contributed by atoms with Crippen molar-refractivity contribution in [3.8, 4) is 0 Å². The van der Waals surface area contributed by atoms with Crippen molar-refractivity contribution >= 4 is 5.95 Å². The van der Waals surface area contributed by atoms with Gasteiger partial charge in [-0.05, 0) is 29.8 Å². The molecule has 6 heteroatoms. The van der Waals surface area contributed by atoms with Crippen LogP contribution in [0.1, 0.15) is 31.2 Å². The Bertz CT molecular complexity index is 381. The molecule has 1 unspecified atom stereocenters. The average molecular weight is 237 g/mol. The molecular weight excluding hydrogens is 218 g/mol. The minimum atomic E-state index is -0.349. The molecule has 0 spiro atoms. The smallest absolute Gasteiger partial charge is 0.266 e. The topological polar surface area (TPSA) is 94.2 Å². The Hall–Kier alpha value is -1.14. The first-order chi connectivity index (χ1) is 8.28. The first-order valence-electron chi connectivity index (χ1n) is 6.32. The van der Waals surface area contributed by atoms with Crippen LogP contribution in [-0.2, 0) is 0 Å². The summed E-state index contributed by atoms with van der Waals surface area (Å²) < 4.78 is 5.14. The van der Waals surface area contributed by atoms with Gasteiger partial charge in [-0.2, -0.15) is 4.98 Å². The molecule has 6 nitrogen and oxygen atoms in total. The van der Waals surface area contributed by atoms with Crippen molar-refractivity contribution in [1.82, 2.24) is 10.1 Å². The molecule has 1 aromatic heterocycles. The van der Waals surface area contributed by atoms with Crippen LogP contribution in [0, 0.1) is 11.8 Å². The number of anilines is 1. The van der Waals surface area contributed by atoms with E-state index >= 15 is 0 Å². The van der Waals surface area contributed by atoms with Crippen LogP contribution in [0.2, 0.25) is 0 Å². The largest absolute Gasteiger partial charge is 0.338 e.